The van der Waals surface area contributed by atoms with Gasteiger partial charge in [0.1, 0.15) is 15.7 Å². The SMILES string of the molecule is CN(C)CC1CCN(c2ccc(S(=O)(=O)Nc3cccc(F)n3)c(F)c2Cl)C1. The number of anilines is 2. The molecule has 1 saturated heterocycles. The van der Waals surface area contributed by atoms with Gasteiger partial charge in [0.05, 0.1) is 5.69 Å². The molecule has 6 nitrogen and oxygen atoms in total. The second kappa shape index (κ2) is 8.18. The van der Waals surface area contributed by atoms with Gasteiger partial charge in [-0.3, -0.25) is 4.72 Å². The van der Waals surface area contributed by atoms with Gasteiger partial charge >= 0.3 is 0 Å². The Morgan fingerprint density at radius 1 is 1.29 bits per heavy atom. The Hall–Kier alpha value is -1.97. The number of hydrogen-bond donors (Lipinski definition) is 1. The zero-order valence-corrected chi connectivity index (χ0v) is 17.1. The van der Waals surface area contributed by atoms with Gasteiger partial charge < -0.3 is 9.80 Å². The predicted molar refractivity (Wildman–Crippen MR) is 105 cm³/mol. The molecule has 1 aliphatic heterocycles. The summed E-state index contributed by atoms with van der Waals surface area (Å²) in [7, 11) is -0.323. The summed E-state index contributed by atoms with van der Waals surface area (Å²) in [6.07, 6.45) is 0.947. The lowest BCUT2D eigenvalue weighted by molar-refractivity contribution is 0.340. The summed E-state index contributed by atoms with van der Waals surface area (Å²) in [5.74, 6) is -1.71. The largest absolute Gasteiger partial charge is 0.370 e. The zero-order chi connectivity index (χ0) is 20.5. The highest BCUT2D eigenvalue weighted by Crippen LogP contribution is 2.35. The van der Waals surface area contributed by atoms with Gasteiger partial charge in [0.15, 0.2) is 5.82 Å². The molecule has 1 N–H and O–H groups in total. The van der Waals surface area contributed by atoms with E-state index in [1.54, 1.807) is 0 Å². The lowest BCUT2D eigenvalue weighted by atomic mass is 10.1. The first kappa shape index (κ1) is 20.8. The van der Waals surface area contributed by atoms with E-state index in [9.17, 15) is 17.2 Å². The fourth-order valence-corrected chi connectivity index (χ4v) is 4.77. The van der Waals surface area contributed by atoms with E-state index in [0.717, 1.165) is 38.2 Å². The molecule has 0 aliphatic carbocycles. The van der Waals surface area contributed by atoms with Gasteiger partial charge in [0, 0.05) is 19.6 Å². The van der Waals surface area contributed by atoms with Crippen molar-refractivity contribution >= 4 is 33.1 Å². The number of sulfonamides is 1. The lowest BCUT2D eigenvalue weighted by Crippen LogP contribution is -2.26. The van der Waals surface area contributed by atoms with E-state index >= 15 is 0 Å². The molecule has 1 aromatic heterocycles. The van der Waals surface area contributed by atoms with Gasteiger partial charge in [-0.2, -0.15) is 4.39 Å². The molecule has 1 unspecified atom stereocenters. The monoisotopic (exact) mass is 430 g/mol. The van der Waals surface area contributed by atoms with Crippen LogP contribution in [0.25, 0.3) is 0 Å². The van der Waals surface area contributed by atoms with E-state index in [1.165, 1.54) is 18.2 Å². The highest BCUT2D eigenvalue weighted by molar-refractivity contribution is 7.92. The minimum atomic E-state index is -4.31. The maximum Gasteiger partial charge on any atom is 0.266 e. The van der Waals surface area contributed by atoms with Crippen molar-refractivity contribution < 1.29 is 17.2 Å². The first-order chi connectivity index (χ1) is 13.2. The van der Waals surface area contributed by atoms with Crippen molar-refractivity contribution in [3.8, 4) is 0 Å². The molecular weight excluding hydrogens is 410 g/mol. The number of halogens is 3. The Morgan fingerprint density at radius 3 is 2.71 bits per heavy atom. The third kappa shape index (κ3) is 4.53. The van der Waals surface area contributed by atoms with E-state index in [4.69, 9.17) is 11.6 Å². The minimum absolute atomic E-state index is 0.245. The highest BCUT2D eigenvalue weighted by Gasteiger charge is 2.28. The third-order valence-corrected chi connectivity index (χ3v) is 6.25. The van der Waals surface area contributed by atoms with E-state index in [2.05, 4.69) is 14.6 Å². The van der Waals surface area contributed by atoms with Crippen LogP contribution in [0.5, 0.6) is 0 Å². The molecule has 28 heavy (non-hydrogen) atoms. The van der Waals surface area contributed by atoms with Gasteiger partial charge in [-0.1, -0.05) is 17.7 Å². The molecule has 0 saturated carbocycles. The quantitative estimate of drug-likeness (QED) is 0.713. The van der Waals surface area contributed by atoms with Crippen molar-refractivity contribution in [2.75, 3.05) is 43.4 Å². The second-order valence-electron chi connectivity index (χ2n) is 7.02. The second-order valence-corrected chi connectivity index (χ2v) is 9.05. The van der Waals surface area contributed by atoms with E-state index in [0.29, 0.717) is 11.6 Å². The third-order valence-electron chi connectivity index (χ3n) is 4.52. The molecule has 0 bridgehead atoms. The molecule has 3 rings (SSSR count). The van der Waals surface area contributed by atoms with E-state index < -0.39 is 26.7 Å². The highest BCUT2D eigenvalue weighted by atomic mass is 35.5. The van der Waals surface area contributed by atoms with Crippen molar-refractivity contribution in [3.63, 3.8) is 0 Å². The summed E-state index contributed by atoms with van der Waals surface area (Å²) in [6.45, 7) is 2.34. The fraction of sp³-hybridized carbons (Fsp3) is 0.389. The maximum absolute atomic E-state index is 14.8. The van der Waals surface area contributed by atoms with Crippen LogP contribution >= 0.6 is 11.6 Å². The molecule has 1 aliphatic rings. The van der Waals surface area contributed by atoms with Crippen LogP contribution in [0.3, 0.4) is 0 Å². The van der Waals surface area contributed by atoms with Crippen LogP contribution in [-0.4, -0.2) is 52.0 Å². The maximum atomic E-state index is 14.8. The van der Waals surface area contributed by atoms with E-state index in [-0.39, 0.29) is 10.8 Å². The Labute approximate surface area is 168 Å². The first-order valence-electron chi connectivity index (χ1n) is 8.70. The number of nitrogens with one attached hydrogen (secondary N) is 1. The van der Waals surface area contributed by atoms with Crippen LogP contribution in [0.1, 0.15) is 6.42 Å². The average molecular weight is 431 g/mol. The van der Waals surface area contributed by atoms with Crippen molar-refractivity contribution in [2.45, 2.75) is 11.3 Å². The molecule has 2 heterocycles. The van der Waals surface area contributed by atoms with Crippen molar-refractivity contribution in [1.29, 1.82) is 0 Å². The molecule has 1 fully saturated rings. The number of pyridine rings is 1. The van der Waals surface area contributed by atoms with Gasteiger partial charge in [0.2, 0.25) is 5.95 Å². The molecular formula is C18H21ClF2N4O2S. The summed E-state index contributed by atoms with van der Waals surface area (Å²) >= 11 is 6.17. The topological polar surface area (TPSA) is 65.5 Å². The van der Waals surface area contributed by atoms with E-state index in [1.807, 2.05) is 19.0 Å². The standard InChI is InChI=1S/C18H21ClF2N4O2S/c1-24(2)10-12-8-9-25(11-12)13-6-7-14(18(21)17(13)19)28(26,27)23-16-5-3-4-15(20)22-16/h3-7,12H,8-11H2,1-2H3,(H,22,23). The Morgan fingerprint density at radius 2 is 2.04 bits per heavy atom. The minimum Gasteiger partial charge on any atom is -0.370 e. The Kier molecular flexibility index (Phi) is 6.07. The number of rotatable bonds is 6. The van der Waals surface area contributed by atoms with Crippen LogP contribution in [0.2, 0.25) is 5.02 Å². The lowest BCUT2D eigenvalue weighted by Gasteiger charge is -2.22. The molecule has 0 spiro atoms. The van der Waals surface area contributed by atoms with Crippen LogP contribution < -0.4 is 9.62 Å². The normalized spacial score (nSPS) is 17.4. The predicted octanol–water partition coefficient (Wildman–Crippen LogP) is 3.20. The van der Waals surface area contributed by atoms with Crippen LogP contribution in [0.15, 0.2) is 35.2 Å². The smallest absolute Gasteiger partial charge is 0.266 e. The van der Waals surface area contributed by atoms with Gasteiger partial charge in [0.25, 0.3) is 10.0 Å². The zero-order valence-electron chi connectivity index (χ0n) is 15.5. The molecule has 0 amide bonds. The van der Waals surface area contributed by atoms with Gasteiger partial charge in [-0.25, -0.2) is 17.8 Å². The van der Waals surface area contributed by atoms with Crippen molar-refractivity contribution in [3.05, 3.63) is 47.1 Å². The molecule has 0 radical (unpaired) electrons. The van der Waals surface area contributed by atoms with Gasteiger partial charge in [-0.15, -0.1) is 0 Å². The fourth-order valence-electron chi connectivity index (χ4n) is 3.35. The summed E-state index contributed by atoms with van der Waals surface area (Å²) < 4.78 is 55.1. The Bertz CT molecular complexity index is 972. The average Bonchev–Trinajstić information content (AvgIpc) is 3.04. The van der Waals surface area contributed by atoms with Crippen molar-refractivity contribution in [2.24, 2.45) is 5.92 Å². The molecule has 2 aromatic rings. The summed E-state index contributed by atoms with van der Waals surface area (Å²) in [4.78, 5) is 6.86. The number of nitrogens with zero attached hydrogens (tertiary/aromatic N) is 3. The summed E-state index contributed by atoms with van der Waals surface area (Å²) in [6, 6.07) is 6.30. The van der Waals surface area contributed by atoms with Crippen LogP contribution in [0, 0.1) is 17.7 Å². The number of aromatic nitrogens is 1. The number of hydrogen-bond acceptors (Lipinski definition) is 5. The summed E-state index contributed by atoms with van der Waals surface area (Å²) in [5, 5.41) is -0.249. The van der Waals surface area contributed by atoms with Crippen LogP contribution in [-0.2, 0) is 10.0 Å². The number of benzene rings is 1. The molecule has 1 aromatic carbocycles. The van der Waals surface area contributed by atoms with Gasteiger partial charge in [-0.05, 0) is 50.7 Å². The van der Waals surface area contributed by atoms with Crippen LogP contribution in [0.4, 0.5) is 20.3 Å². The molecule has 152 valence electrons. The molecule has 1 atom stereocenters. The Balaban J connectivity index is 1.84. The first-order valence-corrected chi connectivity index (χ1v) is 10.6. The summed E-state index contributed by atoms with van der Waals surface area (Å²) in [5.41, 5.74) is 0.461. The molecule has 10 heteroatoms. The van der Waals surface area contributed by atoms with Crippen molar-refractivity contribution in [1.82, 2.24) is 9.88 Å².